The van der Waals surface area contributed by atoms with E-state index in [0.29, 0.717) is 11.8 Å². The molecule has 0 spiro atoms. The van der Waals surface area contributed by atoms with Crippen LogP contribution in [0, 0.1) is 0 Å². The lowest BCUT2D eigenvalue weighted by Gasteiger charge is -2.32. The molecule has 0 radical (unpaired) electrons. The van der Waals surface area contributed by atoms with Crippen LogP contribution in [0.5, 0.6) is 0 Å². The maximum Gasteiger partial charge on any atom is 0.135 e. The van der Waals surface area contributed by atoms with Gasteiger partial charge in [0.25, 0.3) is 0 Å². The van der Waals surface area contributed by atoms with E-state index in [1.807, 2.05) is 0 Å². The van der Waals surface area contributed by atoms with E-state index in [4.69, 9.17) is 4.74 Å². The molecule has 3 nitrogen and oxygen atoms in total. The Morgan fingerprint density at radius 3 is 2.93 bits per heavy atom. The third kappa shape index (κ3) is 4.76. The maximum atomic E-state index is 11.2. The Labute approximate surface area is 92.8 Å². The van der Waals surface area contributed by atoms with Crippen LogP contribution < -0.4 is 0 Å². The molecule has 1 rings (SSSR count). The van der Waals surface area contributed by atoms with Gasteiger partial charge in [0.15, 0.2) is 0 Å². The topological polar surface area (TPSA) is 29.5 Å². The Kier molecular flexibility index (Phi) is 5.88. The number of piperidine rings is 1. The number of ether oxygens (including phenoxy) is 1. The average Bonchev–Trinajstić information content (AvgIpc) is 2.20. The fraction of sp³-hybridized carbons (Fsp3) is 0.917. The molecular formula is C12H23NO2. The van der Waals surface area contributed by atoms with Crippen LogP contribution in [0.3, 0.4) is 0 Å². The molecule has 1 saturated heterocycles. The molecule has 15 heavy (non-hydrogen) atoms. The molecule has 0 saturated carbocycles. The smallest absolute Gasteiger partial charge is 0.135 e. The van der Waals surface area contributed by atoms with E-state index in [1.54, 1.807) is 0 Å². The number of rotatable bonds is 6. The molecule has 1 aliphatic rings. The number of Topliss-reactive ketones (excluding diaryl/α,β-unsaturated/α-hetero) is 1. The quantitative estimate of drug-likeness (QED) is 0.631. The van der Waals surface area contributed by atoms with Crippen molar-refractivity contribution in [3.05, 3.63) is 0 Å². The first-order valence-corrected chi connectivity index (χ1v) is 6.07. The summed E-state index contributed by atoms with van der Waals surface area (Å²) in [5.41, 5.74) is 0. The molecule has 1 aliphatic heterocycles. The van der Waals surface area contributed by atoms with Gasteiger partial charge in [0.1, 0.15) is 5.78 Å². The molecule has 0 aromatic heterocycles. The summed E-state index contributed by atoms with van der Waals surface area (Å²) in [7, 11) is 0. The summed E-state index contributed by atoms with van der Waals surface area (Å²) in [5.74, 6) is 0.418. The summed E-state index contributed by atoms with van der Waals surface area (Å²) in [6.45, 7) is 7.99. The Hall–Kier alpha value is -0.410. The zero-order chi connectivity index (χ0) is 11.1. The monoisotopic (exact) mass is 213 g/mol. The molecule has 88 valence electrons. The van der Waals surface area contributed by atoms with Crippen molar-refractivity contribution >= 4 is 5.78 Å². The van der Waals surface area contributed by atoms with E-state index >= 15 is 0 Å². The van der Waals surface area contributed by atoms with E-state index < -0.39 is 0 Å². The average molecular weight is 213 g/mol. The number of ketones is 1. The van der Waals surface area contributed by atoms with Crippen molar-refractivity contribution in [2.75, 3.05) is 26.3 Å². The Bertz CT molecular complexity index is 194. The first-order chi connectivity index (χ1) is 7.24. The van der Waals surface area contributed by atoms with Crippen LogP contribution in [-0.2, 0) is 9.53 Å². The zero-order valence-corrected chi connectivity index (χ0v) is 10.00. The number of hydrogen-bond donors (Lipinski definition) is 0. The largest absolute Gasteiger partial charge is 0.381 e. The highest BCUT2D eigenvalue weighted by Crippen LogP contribution is 2.13. The molecule has 0 bridgehead atoms. The van der Waals surface area contributed by atoms with Crippen molar-refractivity contribution in [3.8, 4) is 0 Å². The van der Waals surface area contributed by atoms with Crippen LogP contribution in [0.25, 0.3) is 0 Å². The summed E-state index contributed by atoms with van der Waals surface area (Å²) >= 11 is 0. The van der Waals surface area contributed by atoms with Crippen LogP contribution >= 0.6 is 0 Å². The SMILES string of the molecule is CCCOCCCN1CCC(=O)CC1C. The minimum absolute atomic E-state index is 0.418. The van der Waals surface area contributed by atoms with E-state index in [-0.39, 0.29) is 0 Å². The van der Waals surface area contributed by atoms with Crippen LogP contribution in [0.2, 0.25) is 0 Å². The van der Waals surface area contributed by atoms with Gasteiger partial charge in [-0.25, -0.2) is 0 Å². The lowest BCUT2D eigenvalue weighted by atomic mass is 10.0. The van der Waals surface area contributed by atoms with Gasteiger partial charge in [0.05, 0.1) is 0 Å². The first kappa shape index (κ1) is 12.7. The van der Waals surface area contributed by atoms with Gasteiger partial charge in [0.2, 0.25) is 0 Å². The summed E-state index contributed by atoms with van der Waals surface area (Å²) in [6.07, 6.45) is 3.64. The van der Waals surface area contributed by atoms with Gasteiger partial charge in [-0.05, 0) is 19.8 Å². The third-order valence-corrected chi connectivity index (χ3v) is 2.91. The van der Waals surface area contributed by atoms with Gasteiger partial charge < -0.3 is 4.74 Å². The second-order valence-corrected chi connectivity index (χ2v) is 4.34. The molecule has 0 amide bonds. The highest BCUT2D eigenvalue weighted by atomic mass is 16.5. The molecular weight excluding hydrogens is 190 g/mol. The third-order valence-electron chi connectivity index (χ3n) is 2.91. The predicted molar refractivity (Wildman–Crippen MR) is 61.0 cm³/mol. The van der Waals surface area contributed by atoms with E-state index in [1.165, 1.54) is 0 Å². The fourth-order valence-corrected chi connectivity index (χ4v) is 2.00. The van der Waals surface area contributed by atoms with Crippen molar-refractivity contribution in [3.63, 3.8) is 0 Å². The van der Waals surface area contributed by atoms with Gasteiger partial charge >= 0.3 is 0 Å². The van der Waals surface area contributed by atoms with E-state index in [9.17, 15) is 4.79 Å². The molecule has 1 atom stereocenters. The molecule has 0 aliphatic carbocycles. The second kappa shape index (κ2) is 6.96. The molecule has 0 aromatic rings. The van der Waals surface area contributed by atoms with Crippen LogP contribution in [0.1, 0.15) is 39.5 Å². The predicted octanol–water partition coefficient (Wildman–Crippen LogP) is 1.86. The molecule has 1 unspecified atom stereocenters. The molecule has 0 N–H and O–H groups in total. The van der Waals surface area contributed by atoms with Crippen LogP contribution in [0.15, 0.2) is 0 Å². The van der Waals surface area contributed by atoms with Gasteiger partial charge in [0, 0.05) is 45.2 Å². The minimum Gasteiger partial charge on any atom is -0.381 e. The Balaban J connectivity index is 2.07. The molecule has 1 fully saturated rings. The van der Waals surface area contributed by atoms with Crippen molar-refractivity contribution in [2.24, 2.45) is 0 Å². The second-order valence-electron chi connectivity index (χ2n) is 4.34. The van der Waals surface area contributed by atoms with Gasteiger partial charge in [-0.2, -0.15) is 0 Å². The number of likely N-dealkylation sites (tertiary alicyclic amines) is 1. The number of hydrogen-bond acceptors (Lipinski definition) is 3. The number of carbonyl (C=O) groups is 1. The van der Waals surface area contributed by atoms with Crippen molar-refractivity contribution in [2.45, 2.75) is 45.6 Å². The van der Waals surface area contributed by atoms with Gasteiger partial charge in [-0.1, -0.05) is 6.92 Å². The highest BCUT2D eigenvalue weighted by Gasteiger charge is 2.22. The van der Waals surface area contributed by atoms with Gasteiger partial charge in [-0.3, -0.25) is 9.69 Å². The molecule has 0 aromatic carbocycles. The lowest BCUT2D eigenvalue weighted by Crippen LogP contribution is -2.41. The molecule has 3 heteroatoms. The van der Waals surface area contributed by atoms with Crippen molar-refractivity contribution in [1.29, 1.82) is 0 Å². The van der Waals surface area contributed by atoms with E-state index in [0.717, 1.165) is 52.0 Å². The normalized spacial score (nSPS) is 23.3. The highest BCUT2D eigenvalue weighted by molar-refractivity contribution is 5.79. The summed E-state index contributed by atoms with van der Waals surface area (Å²) in [5, 5.41) is 0. The Morgan fingerprint density at radius 2 is 2.27 bits per heavy atom. The minimum atomic E-state index is 0.418. The van der Waals surface area contributed by atoms with Crippen LogP contribution in [-0.4, -0.2) is 43.0 Å². The molecule has 1 heterocycles. The first-order valence-electron chi connectivity index (χ1n) is 6.07. The van der Waals surface area contributed by atoms with Crippen LogP contribution in [0.4, 0.5) is 0 Å². The number of nitrogens with zero attached hydrogens (tertiary/aromatic N) is 1. The zero-order valence-electron chi connectivity index (χ0n) is 10.00. The Morgan fingerprint density at radius 1 is 1.47 bits per heavy atom. The van der Waals surface area contributed by atoms with Crippen molar-refractivity contribution in [1.82, 2.24) is 4.90 Å². The van der Waals surface area contributed by atoms with Gasteiger partial charge in [-0.15, -0.1) is 0 Å². The van der Waals surface area contributed by atoms with Crippen molar-refractivity contribution < 1.29 is 9.53 Å². The fourth-order valence-electron chi connectivity index (χ4n) is 2.00. The maximum absolute atomic E-state index is 11.2. The summed E-state index contributed by atoms with van der Waals surface area (Å²) < 4.78 is 5.44. The standard InChI is InChI=1S/C12H23NO2/c1-3-8-15-9-4-6-13-7-5-12(14)10-11(13)2/h11H,3-10H2,1-2H3. The lowest BCUT2D eigenvalue weighted by molar-refractivity contribution is -0.122. The summed E-state index contributed by atoms with van der Waals surface area (Å²) in [4.78, 5) is 13.6. The number of carbonyl (C=O) groups excluding carboxylic acids is 1. The van der Waals surface area contributed by atoms with E-state index in [2.05, 4.69) is 18.7 Å². The summed E-state index contributed by atoms with van der Waals surface area (Å²) in [6, 6.07) is 0.428.